The van der Waals surface area contributed by atoms with E-state index < -0.39 is 5.97 Å². The van der Waals surface area contributed by atoms with Crippen LogP contribution in [0.4, 0.5) is 0 Å². The molecule has 0 aliphatic rings. The van der Waals surface area contributed by atoms with Gasteiger partial charge in [0.25, 0.3) is 0 Å². The molecule has 0 saturated heterocycles. The minimum absolute atomic E-state index is 0.163. The summed E-state index contributed by atoms with van der Waals surface area (Å²) in [6, 6.07) is 0. The van der Waals surface area contributed by atoms with Gasteiger partial charge in [-0.15, -0.1) is 11.3 Å². The fraction of sp³-hybridized carbons (Fsp3) is 0.200. The van der Waals surface area contributed by atoms with Gasteiger partial charge in [-0.2, -0.15) is 5.10 Å². The third kappa shape index (κ3) is 2.09. The van der Waals surface area contributed by atoms with Crippen molar-refractivity contribution in [3.63, 3.8) is 0 Å². The van der Waals surface area contributed by atoms with Crippen LogP contribution in [0.15, 0.2) is 12.4 Å². The topological polar surface area (TPSA) is 85.1 Å². The first-order chi connectivity index (χ1) is 7.99. The lowest BCUT2D eigenvalue weighted by atomic mass is 10.3. The van der Waals surface area contributed by atoms with Gasteiger partial charge >= 0.3 is 5.97 Å². The number of aryl methyl sites for hydroxylation is 1. The lowest BCUT2D eigenvalue weighted by Crippen LogP contribution is -2.03. The summed E-state index contributed by atoms with van der Waals surface area (Å²) in [5, 5.41) is 13.4. The van der Waals surface area contributed by atoms with Crippen LogP contribution in [-0.2, 0) is 7.05 Å². The molecule has 0 fully saturated rings. The predicted molar refractivity (Wildman–Crippen MR) is 61.3 cm³/mol. The summed E-state index contributed by atoms with van der Waals surface area (Å²) in [5.41, 5.74) is 0.508. The third-order valence-corrected chi connectivity index (χ3v) is 3.31. The third-order valence-electron chi connectivity index (χ3n) is 2.10. The number of aromatic nitrogens is 3. The maximum absolute atomic E-state index is 11.3. The molecular formula is C10H9N3O3S. The minimum Gasteiger partial charge on any atom is -0.476 e. The molecule has 88 valence electrons. The van der Waals surface area contributed by atoms with Crippen LogP contribution in [0.5, 0.6) is 0 Å². The van der Waals surface area contributed by atoms with E-state index in [1.165, 1.54) is 6.92 Å². The second-order valence-corrected chi connectivity index (χ2v) is 4.46. The molecule has 0 amide bonds. The van der Waals surface area contributed by atoms with Gasteiger partial charge in [-0.25, -0.2) is 9.78 Å². The van der Waals surface area contributed by atoms with Gasteiger partial charge in [-0.3, -0.25) is 9.48 Å². The number of carboxylic acid groups (broad SMARTS) is 1. The fourth-order valence-electron chi connectivity index (χ4n) is 1.36. The molecule has 17 heavy (non-hydrogen) atoms. The number of rotatable bonds is 3. The lowest BCUT2D eigenvalue weighted by Gasteiger charge is -1.89. The molecule has 0 radical (unpaired) electrons. The summed E-state index contributed by atoms with van der Waals surface area (Å²) in [6.07, 6.45) is 3.29. The van der Waals surface area contributed by atoms with Gasteiger partial charge in [0.15, 0.2) is 11.5 Å². The maximum Gasteiger partial charge on any atom is 0.356 e. The first-order valence-corrected chi connectivity index (χ1v) is 5.54. The Morgan fingerprint density at radius 1 is 1.47 bits per heavy atom. The average molecular weight is 251 g/mol. The molecule has 1 N–H and O–H groups in total. The van der Waals surface area contributed by atoms with Crippen molar-refractivity contribution in [1.29, 1.82) is 0 Å². The predicted octanol–water partition coefficient (Wildman–Crippen LogP) is 1.44. The Morgan fingerprint density at radius 3 is 2.59 bits per heavy atom. The Balaban J connectivity index is 2.54. The molecule has 0 saturated carbocycles. The number of ketones is 1. The molecule has 0 aliphatic carbocycles. The van der Waals surface area contributed by atoms with E-state index >= 15 is 0 Å². The molecule has 0 atom stereocenters. The van der Waals surface area contributed by atoms with Gasteiger partial charge in [0.2, 0.25) is 0 Å². The highest BCUT2D eigenvalue weighted by atomic mass is 32.1. The molecule has 2 heterocycles. The molecule has 0 aromatic carbocycles. The van der Waals surface area contributed by atoms with Crippen LogP contribution in [0.25, 0.3) is 10.6 Å². The van der Waals surface area contributed by atoms with E-state index in [0.717, 1.165) is 11.3 Å². The van der Waals surface area contributed by atoms with Crippen LogP contribution >= 0.6 is 11.3 Å². The number of aromatic carboxylic acids is 1. The van der Waals surface area contributed by atoms with E-state index in [0.29, 0.717) is 10.6 Å². The summed E-state index contributed by atoms with van der Waals surface area (Å²) < 4.78 is 1.59. The summed E-state index contributed by atoms with van der Waals surface area (Å²) in [4.78, 5) is 26.4. The Labute approximate surface area is 101 Å². The highest BCUT2D eigenvalue weighted by Crippen LogP contribution is 2.28. The Morgan fingerprint density at radius 2 is 2.18 bits per heavy atom. The van der Waals surface area contributed by atoms with Crippen LogP contribution in [0, 0.1) is 0 Å². The van der Waals surface area contributed by atoms with E-state index in [2.05, 4.69) is 10.1 Å². The zero-order valence-electron chi connectivity index (χ0n) is 9.17. The van der Waals surface area contributed by atoms with Crippen molar-refractivity contribution in [2.75, 3.05) is 0 Å². The summed E-state index contributed by atoms with van der Waals surface area (Å²) in [5.74, 6) is -1.49. The first-order valence-electron chi connectivity index (χ1n) is 4.73. The Hall–Kier alpha value is -2.02. The summed E-state index contributed by atoms with van der Waals surface area (Å²) >= 11 is 1.07. The molecule has 2 aromatic heterocycles. The van der Waals surface area contributed by atoms with Crippen molar-refractivity contribution in [3.05, 3.63) is 23.0 Å². The van der Waals surface area contributed by atoms with Crippen LogP contribution in [0.2, 0.25) is 0 Å². The fourth-order valence-corrected chi connectivity index (χ4v) is 2.29. The van der Waals surface area contributed by atoms with Gasteiger partial charge < -0.3 is 5.11 Å². The standard InChI is InChI=1S/C10H9N3O3S/c1-5(14)8-7(10(15)16)12-9(17-8)6-3-11-13(2)4-6/h3-4H,1-2H3,(H,15,16). The highest BCUT2D eigenvalue weighted by molar-refractivity contribution is 7.17. The zero-order valence-corrected chi connectivity index (χ0v) is 9.98. The number of nitrogens with zero attached hydrogens (tertiary/aromatic N) is 3. The number of thiazole rings is 1. The summed E-state index contributed by atoms with van der Waals surface area (Å²) in [6.45, 7) is 1.33. The Bertz CT molecular complexity index is 568. The maximum atomic E-state index is 11.3. The number of carboxylic acids is 1. The lowest BCUT2D eigenvalue weighted by molar-refractivity contribution is 0.0687. The SMILES string of the molecule is CC(=O)c1sc(-c2cnn(C)c2)nc1C(=O)O. The molecule has 2 rings (SSSR count). The molecule has 0 aliphatic heterocycles. The average Bonchev–Trinajstić information content (AvgIpc) is 2.82. The molecule has 0 unspecified atom stereocenters. The molecular weight excluding hydrogens is 242 g/mol. The molecule has 0 spiro atoms. The van der Waals surface area contributed by atoms with E-state index in [1.54, 1.807) is 24.1 Å². The summed E-state index contributed by atoms with van der Waals surface area (Å²) in [7, 11) is 1.75. The van der Waals surface area contributed by atoms with Gasteiger partial charge in [-0.1, -0.05) is 0 Å². The van der Waals surface area contributed by atoms with Crippen molar-refractivity contribution in [2.45, 2.75) is 6.92 Å². The van der Waals surface area contributed by atoms with Crippen LogP contribution in [0.1, 0.15) is 27.1 Å². The van der Waals surface area contributed by atoms with E-state index in [1.807, 2.05) is 0 Å². The minimum atomic E-state index is -1.19. The van der Waals surface area contributed by atoms with E-state index in [4.69, 9.17) is 5.11 Å². The smallest absolute Gasteiger partial charge is 0.356 e. The van der Waals surface area contributed by atoms with Gasteiger partial charge in [0.05, 0.1) is 6.20 Å². The Kier molecular flexibility index (Phi) is 2.76. The monoisotopic (exact) mass is 251 g/mol. The van der Waals surface area contributed by atoms with Gasteiger partial charge in [0.1, 0.15) is 9.88 Å². The molecule has 2 aromatic rings. The van der Waals surface area contributed by atoms with Crippen molar-refractivity contribution in [2.24, 2.45) is 7.05 Å². The largest absolute Gasteiger partial charge is 0.476 e. The van der Waals surface area contributed by atoms with Crippen molar-refractivity contribution >= 4 is 23.1 Å². The normalized spacial score (nSPS) is 10.5. The number of hydrogen-bond acceptors (Lipinski definition) is 5. The quantitative estimate of drug-likeness (QED) is 0.834. The number of carbonyl (C=O) groups is 2. The molecule has 0 bridgehead atoms. The van der Waals surface area contributed by atoms with Gasteiger partial charge in [-0.05, 0) is 0 Å². The van der Waals surface area contributed by atoms with E-state index in [9.17, 15) is 9.59 Å². The number of carbonyl (C=O) groups excluding carboxylic acids is 1. The number of Topliss-reactive ketones (excluding diaryl/α,β-unsaturated/α-hetero) is 1. The van der Waals surface area contributed by atoms with E-state index in [-0.39, 0.29) is 16.4 Å². The van der Waals surface area contributed by atoms with Crippen LogP contribution in [0.3, 0.4) is 0 Å². The number of hydrogen-bond donors (Lipinski definition) is 1. The van der Waals surface area contributed by atoms with Gasteiger partial charge in [0, 0.05) is 25.7 Å². The second kappa shape index (κ2) is 4.10. The van der Waals surface area contributed by atoms with Crippen molar-refractivity contribution in [1.82, 2.24) is 14.8 Å². The first kappa shape index (κ1) is 11.5. The zero-order chi connectivity index (χ0) is 12.6. The van der Waals surface area contributed by atoms with Crippen molar-refractivity contribution in [3.8, 4) is 10.6 Å². The van der Waals surface area contributed by atoms with Crippen molar-refractivity contribution < 1.29 is 14.7 Å². The molecule has 7 heteroatoms. The van der Waals surface area contributed by atoms with Crippen LogP contribution < -0.4 is 0 Å². The molecule has 6 nitrogen and oxygen atoms in total. The van der Waals surface area contributed by atoms with Crippen LogP contribution in [-0.4, -0.2) is 31.6 Å². The highest BCUT2D eigenvalue weighted by Gasteiger charge is 2.21. The second-order valence-electron chi connectivity index (χ2n) is 3.46.